The Bertz CT molecular complexity index is 809. The van der Waals surface area contributed by atoms with Gasteiger partial charge in [-0.2, -0.15) is 0 Å². The molecule has 3 rings (SSSR count). The smallest absolute Gasteiger partial charge is 0.221 e. The van der Waals surface area contributed by atoms with Crippen LogP contribution in [0, 0.1) is 0 Å². The number of hydrogen-bond donors (Lipinski definition) is 3. The number of ether oxygens (including phenoxy) is 1. The fourth-order valence-electron chi connectivity index (χ4n) is 3.34. The average Bonchev–Trinajstić information content (AvgIpc) is 3.25. The van der Waals surface area contributed by atoms with E-state index >= 15 is 0 Å². The van der Waals surface area contributed by atoms with E-state index in [-0.39, 0.29) is 29.9 Å². The summed E-state index contributed by atoms with van der Waals surface area (Å²) in [4.78, 5) is 19.4. The van der Waals surface area contributed by atoms with Crippen molar-refractivity contribution in [1.29, 1.82) is 0 Å². The Morgan fingerprint density at radius 2 is 2.03 bits per heavy atom. The number of benzene rings is 1. The zero-order chi connectivity index (χ0) is 20.5. The first kappa shape index (κ1) is 24.6. The van der Waals surface area contributed by atoms with Crippen LogP contribution in [0.1, 0.15) is 23.4 Å². The third-order valence-electron chi connectivity index (χ3n) is 4.75. The summed E-state index contributed by atoms with van der Waals surface area (Å²) in [6.45, 7) is 6.33. The van der Waals surface area contributed by atoms with Crippen LogP contribution in [-0.2, 0) is 16.1 Å². The molecule has 1 aliphatic rings. The number of anilines is 1. The van der Waals surface area contributed by atoms with Gasteiger partial charge < -0.3 is 20.7 Å². The van der Waals surface area contributed by atoms with E-state index in [2.05, 4.69) is 43.4 Å². The first-order valence-electron chi connectivity index (χ1n) is 9.82. The number of nitrogens with zero attached hydrogens (tertiary/aromatic N) is 2. The molecule has 0 radical (unpaired) electrons. The van der Waals surface area contributed by atoms with Crippen molar-refractivity contribution < 1.29 is 9.53 Å². The number of aliphatic imine (C=N–C) groups is 1. The predicted octanol–water partition coefficient (Wildman–Crippen LogP) is 3.06. The van der Waals surface area contributed by atoms with Crippen LogP contribution in [0.25, 0.3) is 0 Å². The molecule has 1 aromatic carbocycles. The van der Waals surface area contributed by atoms with Gasteiger partial charge in [0.25, 0.3) is 0 Å². The minimum atomic E-state index is -0.0738. The molecule has 164 valence electrons. The number of nitrogens with one attached hydrogen (secondary N) is 3. The Balaban J connectivity index is 0.00000320. The van der Waals surface area contributed by atoms with E-state index in [1.54, 1.807) is 18.4 Å². The second-order valence-corrected chi connectivity index (χ2v) is 7.85. The summed E-state index contributed by atoms with van der Waals surface area (Å²) in [7, 11) is 1.78. The number of guanidine groups is 1. The largest absolute Gasteiger partial charge is 0.379 e. The number of hydrogen-bond acceptors (Lipinski definition) is 5. The van der Waals surface area contributed by atoms with Gasteiger partial charge in [0.05, 0.1) is 19.3 Å². The van der Waals surface area contributed by atoms with Crippen LogP contribution in [0.3, 0.4) is 0 Å². The lowest BCUT2D eigenvalue weighted by Crippen LogP contribution is -2.46. The van der Waals surface area contributed by atoms with Gasteiger partial charge >= 0.3 is 0 Å². The molecular weight excluding hydrogens is 513 g/mol. The lowest BCUT2D eigenvalue weighted by atomic mass is 10.2. The molecule has 30 heavy (non-hydrogen) atoms. The SMILES string of the molecule is CN=C(NCc1cccc(NC(C)=O)c1)NCC(c1cccs1)N1CCOCC1.I. The number of thiophene rings is 1. The normalized spacial score (nSPS) is 15.7. The van der Waals surface area contributed by atoms with Gasteiger partial charge in [0.15, 0.2) is 5.96 Å². The van der Waals surface area contributed by atoms with Gasteiger partial charge in [-0.05, 0) is 29.1 Å². The third-order valence-corrected chi connectivity index (χ3v) is 5.73. The molecule has 1 unspecified atom stereocenters. The molecule has 1 saturated heterocycles. The molecule has 1 aromatic heterocycles. The Labute approximate surface area is 199 Å². The highest BCUT2D eigenvalue weighted by molar-refractivity contribution is 14.0. The van der Waals surface area contributed by atoms with Gasteiger partial charge in [0.2, 0.25) is 5.91 Å². The average molecular weight is 543 g/mol. The molecular formula is C21H30IN5O2S. The lowest BCUT2D eigenvalue weighted by Gasteiger charge is -2.34. The molecule has 1 amide bonds. The number of morpholine rings is 1. The highest BCUT2D eigenvalue weighted by Crippen LogP contribution is 2.25. The Morgan fingerprint density at radius 1 is 1.23 bits per heavy atom. The van der Waals surface area contributed by atoms with Crippen LogP contribution in [-0.4, -0.2) is 56.7 Å². The molecule has 7 nitrogen and oxygen atoms in total. The first-order valence-corrected chi connectivity index (χ1v) is 10.7. The molecule has 0 spiro atoms. The fraction of sp³-hybridized carbons (Fsp3) is 0.429. The quantitative estimate of drug-likeness (QED) is 0.285. The number of amides is 1. The highest BCUT2D eigenvalue weighted by Gasteiger charge is 2.23. The minimum absolute atomic E-state index is 0. The summed E-state index contributed by atoms with van der Waals surface area (Å²) in [5, 5.41) is 11.8. The van der Waals surface area contributed by atoms with Crippen LogP contribution >= 0.6 is 35.3 Å². The molecule has 2 heterocycles. The topological polar surface area (TPSA) is 78.0 Å². The Kier molecular flexibility index (Phi) is 10.6. The van der Waals surface area contributed by atoms with Crippen molar-refractivity contribution in [2.45, 2.75) is 19.5 Å². The monoisotopic (exact) mass is 543 g/mol. The fourth-order valence-corrected chi connectivity index (χ4v) is 4.20. The van der Waals surface area contributed by atoms with E-state index in [9.17, 15) is 4.79 Å². The van der Waals surface area contributed by atoms with Crippen molar-refractivity contribution in [2.75, 3.05) is 45.2 Å². The number of halogens is 1. The third kappa shape index (κ3) is 7.53. The maximum Gasteiger partial charge on any atom is 0.221 e. The van der Waals surface area contributed by atoms with Crippen LogP contribution in [0.2, 0.25) is 0 Å². The van der Waals surface area contributed by atoms with Gasteiger partial charge in [-0.1, -0.05) is 18.2 Å². The van der Waals surface area contributed by atoms with Crippen molar-refractivity contribution in [3.63, 3.8) is 0 Å². The zero-order valence-corrected chi connectivity index (χ0v) is 20.5. The summed E-state index contributed by atoms with van der Waals surface area (Å²) in [6.07, 6.45) is 0. The highest BCUT2D eigenvalue weighted by atomic mass is 127. The van der Waals surface area contributed by atoms with Crippen molar-refractivity contribution in [3.8, 4) is 0 Å². The molecule has 1 aliphatic heterocycles. The summed E-state index contributed by atoms with van der Waals surface area (Å²) >= 11 is 1.78. The molecule has 0 bridgehead atoms. The minimum Gasteiger partial charge on any atom is -0.379 e. The summed E-state index contributed by atoms with van der Waals surface area (Å²) in [6, 6.07) is 12.4. The standard InChI is InChI=1S/C21H29N5O2S.HI/c1-16(27)25-18-6-3-5-17(13-18)14-23-21(22-2)24-15-19(20-7-4-12-29-20)26-8-10-28-11-9-26;/h3-7,12-13,19H,8-11,14-15H2,1-2H3,(H,25,27)(H2,22,23,24);1H. The molecule has 2 aromatic rings. The van der Waals surface area contributed by atoms with Gasteiger partial charge in [-0.3, -0.25) is 14.7 Å². The molecule has 1 atom stereocenters. The molecule has 9 heteroatoms. The second kappa shape index (κ2) is 12.9. The Hall–Kier alpha value is -1.69. The van der Waals surface area contributed by atoms with E-state index < -0.39 is 0 Å². The number of carbonyl (C=O) groups is 1. The van der Waals surface area contributed by atoms with Gasteiger partial charge in [0.1, 0.15) is 0 Å². The van der Waals surface area contributed by atoms with Crippen molar-refractivity contribution in [3.05, 3.63) is 52.2 Å². The van der Waals surface area contributed by atoms with E-state index in [0.29, 0.717) is 12.6 Å². The van der Waals surface area contributed by atoms with Crippen LogP contribution in [0.4, 0.5) is 5.69 Å². The van der Waals surface area contributed by atoms with E-state index in [4.69, 9.17) is 4.74 Å². The molecule has 0 saturated carbocycles. The predicted molar refractivity (Wildman–Crippen MR) is 134 cm³/mol. The second-order valence-electron chi connectivity index (χ2n) is 6.87. The van der Waals surface area contributed by atoms with Crippen LogP contribution < -0.4 is 16.0 Å². The zero-order valence-electron chi connectivity index (χ0n) is 17.4. The first-order chi connectivity index (χ1) is 14.2. The molecule has 1 fully saturated rings. The summed E-state index contributed by atoms with van der Waals surface area (Å²) in [5.74, 6) is 0.681. The van der Waals surface area contributed by atoms with Gasteiger partial charge in [-0.25, -0.2) is 0 Å². The summed E-state index contributed by atoms with van der Waals surface area (Å²) < 4.78 is 5.51. The van der Waals surface area contributed by atoms with Crippen LogP contribution in [0.15, 0.2) is 46.8 Å². The van der Waals surface area contributed by atoms with E-state index in [1.807, 2.05) is 24.3 Å². The Morgan fingerprint density at radius 3 is 2.70 bits per heavy atom. The van der Waals surface area contributed by atoms with Gasteiger partial charge in [0, 0.05) is 50.7 Å². The van der Waals surface area contributed by atoms with Gasteiger partial charge in [-0.15, -0.1) is 35.3 Å². The maximum absolute atomic E-state index is 11.2. The lowest BCUT2D eigenvalue weighted by molar-refractivity contribution is -0.114. The summed E-state index contributed by atoms with van der Waals surface area (Å²) in [5.41, 5.74) is 1.87. The molecule has 3 N–H and O–H groups in total. The van der Waals surface area contributed by atoms with E-state index in [0.717, 1.165) is 50.1 Å². The van der Waals surface area contributed by atoms with Crippen molar-refractivity contribution in [1.82, 2.24) is 15.5 Å². The molecule has 0 aliphatic carbocycles. The van der Waals surface area contributed by atoms with E-state index in [1.165, 1.54) is 11.8 Å². The van der Waals surface area contributed by atoms with Crippen molar-refractivity contribution in [2.24, 2.45) is 4.99 Å². The maximum atomic E-state index is 11.2. The van der Waals surface area contributed by atoms with Crippen molar-refractivity contribution >= 4 is 52.9 Å². The number of carbonyl (C=O) groups excluding carboxylic acids is 1. The van der Waals surface area contributed by atoms with Crippen LogP contribution in [0.5, 0.6) is 0 Å². The number of rotatable bonds is 7.